The van der Waals surface area contributed by atoms with Crippen molar-refractivity contribution in [1.29, 1.82) is 0 Å². The lowest BCUT2D eigenvalue weighted by Gasteiger charge is -2.13. The van der Waals surface area contributed by atoms with Gasteiger partial charge in [-0.15, -0.1) is 0 Å². The average Bonchev–Trinajstić information content (AvgIpc) is 2.28. The molecule has 0 radical (unpaired) electrons. The van der Waals surface area contributed by atoms with Gasteiger partial charge in [-0.1, -0.05) is 29.8 Å². The van der Waals surface area contributed by atoms with Crippen LogP contribution >= 0.6 is 11.6 Å². The van der Waals surface area contributed by atoms with Crippen LogP contribution in [0.4, 0.5) is 0 Å². The fourth-order valence-electron chi connectivity index (χ4n) is 2.06. The topological polar surface area (TPSA) is 33.1 Å². The van der Waals surface area contributed by atoms with Crippen LogP contribution in [0.3, 0.4) is 0 Å². The molecule has 1 unspecified atom stereocenters. The van der Waals surface area contributed by atoms with Crippen molar-refractivity contribution in [2.75, 3.05) is 0 Å². The summed E-state index contributed by atoms with van der Waals surface area (Å²) in [4.78, 5) is 4.31. The van der Waals surface area contributed by atoms with E-state index in [-0.39, 0.29) is 0 Å². The molecule has 18 heavy (non-hydrogen) atoms. The van der Waals surface area contributed by atoms with Crippen molar-refractivity contribution in [2.24, 2.45) is 0 Å². The summed E-state index contributed by atoms with van der Waals surface area (Å²) in [5.74, 6) is 0. The highest BCUT2D eigenvalue weighted by Gasteiger charge is 2.13. The van der Waals surface area contributed by atoms with Crippen molar-refractivity contribution in [3.8, 4) is 0 Å². The first-order valence-electron chi connectivity index (χ1n) is 5.92. The Balaban J connectivity index is 2.19. The molecule has 0 amide bonds. The molecular formula is C15H16ClNO. The zero-order valence-electron chi connectivity index (χ0n) is 10.5. The standard InChI is InChI=1S/C15H16ClNO/c1-10-6-11(2)15(17-9-10)14(18)8-12-4-3-5-13(16)7-12/h3-7,9,14,18H,8H2,1-2H3. The van der Waals surface area contributed by atoms with E-state index >= 15 is 0 Å². The summed E-state index contributed by atoms with van der Waals surface area (Å²) in [5.41, 5.74) is 3.87. The summed E-state index contributed by atoms with van der Waals surface area (Å²) in [7, 11) is 0. The van der Waals surface area contributed by atoms with E-state index in [1.165, 1.54) is 0 Å². The van der Waals surface area contributed by atoms with Crippen molar-refractivity contribution >= 4 is 11.6 Å². The first-order chi connectivity index (χ1) is 8.56. The summed E-state index contributed by atoms with van der Waals surface area (Å²) >= 11 is 5.93. The molecule has 0 aliphatic heterocycles. The smallest absolute Gasteiger partial charge is 0.100 e. The molecule has 2 rings (SSSR count). The lowest BCUT2D eigenvalue weighted by Crippen LogP contribution is -2.06. The molecule has 1 atom stereocenters. The van der Waals surface area contributed by atoms with Gasteiger partial charge in [0.25, 0.3) is 0 Å². The number of benzene rings is 1. The van der Waals surface area contributed by atoms with E-state index in [2.05, 4.69) is 4.98 Å². The van der Waals surface area contributed by atoms with Gasteiger partial charge in [-0.3, -0.25) is 4.98 Å². The van der Waals surface area contributed by atoms with Crippen LogP contribution in [0.15, 0.2) is 36.5 Å². The molecule has 94 valence electrons. The lowest BCUT2D eigenvalue weighted by molar-refractivity contribution is 0.173. The number of aliphatic hydroxyl groups is 1. The highest BCUT2D eigenvalue weighted by molar-refractivity contribution is 6.30. The molecule has 2 aromatic rings. The SMILES string of the molecule is Cc1cnc(C(O)Cc2cccc(Cl)c2)c(C)c1. The van der Waals surface area contributed by atoms with Crippen LogP contribution in [0, 0.1) is 13.8 Å². The number of nitrogens with zero attached hydrogens (tertiary/aromatic N) is 1. The number of rotatable bonds is 3. The maximum absolute atomic E-state index is 10.2. The van der Waals surface area contributed by atoms with Gasteiger partial charge in [-0.05, 0) is 42.7 Å². The Hall–Kier alpha value is -1.38. The van der Waals surface area contributed by atoms with Gasteiger partial charge in [0.2, 0.25) is 0 Å². The predicted octanol–water partition coefficient (Wildman–Crippen LogP) is 3.63. The second kappa shape index (κ2) is 5.51. The third kappa shape index (κ3) is 3.09. The normalized spacial score (nSPS) is 12.4. The van der Waals surface area contributed by atoms with E-state index in [0.29, 0.717) is 11.4 Å². The number of aryl methyl sites for hydroxylation is 2. The van der Waals surface area contributed by atoms with Crippen LogP contribution < -0.4 is 0 Å². The second-order valence-electron chi connectivity index (χ2n) is 4.56. The molecule has 3 heteroatoms. The van der Waals surface area contributed by atoms with Crippen LogP contribution in [0.25, 0.3) is 0 Å². The zero-order valence-corrected chi connectivity index (χ0v) is 11.3. The van der Waals surface area contributed by atoms with E-state index in [9.17, 15) is 5.11 Å². The summed E-state index contributed by atoms with van der Waals surface area (Å²) in [6, 6.07) is 9.57. The monoisotopic (exact) mass is 261 g/mol. The first-order valence-corrected chi connectivity index (χ1v) is 6.29. The molecule has 1 heterocycles. The molecule has 0 bridgehead atoms. The van der Waals surface area contributed by atoms with Gasteiger partial charge in [0.1, 0.15) is 6.10 Å². The fourth-order valence-corrected chi connectivity index (χ4v) is 2.27. The van der Waals surface area contributed by atoms with E-state index in [4.69, 9.17) is 11.6 Å². The summed E-state index contributed by atoms with van der Waals surface area (Å²) in [5, 5.41) is 10.9. The third-order valence-corrected chi connectivity index (χ3v) is 3.12. The first kappa shape index (κ1) is 13.1. The van der Waals surface area contributed by atoms with Crippen molar-refractivity contribution < 1.29 is 5.11 Å². The maximum Gasteiger partial charge on any atom is 0.100 e. The Kier molecular flexibility index (Phi) is 4.00. The number of halogens is 1. The molecule has 0 saturated heterocycles. The molecule has 1 aromatic carbocycles. The maximum atomic E-state index is 10.2. The van der Waals surface area contributed by atoms with Gasteiger partial charge >= 0.3 is 0 Å². The third-order valence-electron chi connectivity index (χ3n) is 2.89. The number of pyridine rings is 1. The summed E-state index contributed by atoms with van der Waals surface area (Å²) < 4.78 is 0. The van der Waals surface area contributed by atoms with Crippen molar-refractivity contribution in [3.05, 3.63) is 63.9 Å². The highest BCUT2D eigenvalue weighted by atomic mass is 35.5. The van der Waals surface area contributed by atoms with Crippen LogP contribution in [-0.2, 0) is 6.42 Å². The van der Waals surface area contributed by atoms with Crippen molar-refractivity contribution in [2.45, 2.75) is 26.4 Å². The fraction of sp³-hybridized carbons (Fsp3) is 0.267. The summed E-state index contributed by atoms with van der Waals surface area (Å²) in [6.07, 6.45) is 1.71. The predicted molar refractivity (Wildman–Crippen MR) is 73.8 cm³/mol. The van der Waals surface area contributed by atoms with Crippen molar-refractivity contribution in [1.82, 2.24) is 4.98 Å². The Morgan fingerprint density at radius 2 is 2.06 bits per heavy atom. The average molecular weight is 262 g/mol. The lowest BCUT2D eigenvalue weighted by atomic mass is 10.0. The molecule has 1 N–H and O–H groups in total. The van der Waals surface area contributed by atoms with Gasteiger partial charge in [0.15, 0.2) is 0 Å². The number of hydrogen-bond acceptors (Lipinski definition) is 2. The van der Waals surface area contributed by atoms with E-state index in [1.807, 2.05) is 44.2 Å². The van der Waals surface area contributed by atoms with Crippen LogP contribution in [-0.4, -0.2) is 10.1 Å². The minimum absolute atomic E-state index is 0.525. The highest BCUT2D eigenvalue weighted by Crippen LogP contribution is 2.21. The summed E-state index contributed by atoms with van der Waals surface area (Å²) in [6.45, 7) is 3.96. The molecular weight excluding hydrogens is 246 g/mol. The molecule has 0 spiro atoms. The van der Waals surface area contributed by atoms with Gasteiger partial charge < -0.3 is 5.11 Å². The Morgan fingerprint density at radius 1 is 1.28 bits per heavy atom. The second-order valence-corrected chi connectivity index (χ2v) is 5.00. The molecule has 0 fully saturated rings. The van der Waals surface area contributed by atoms with Gasteiger partial charge in [0.05, 0.1) is 5.69 Å². The van der Waals surface area contributed by atoms with E-state index in [1.54, 1.807) is 6.20 Å². The van der Waals surface area contributed by atoms with E-state index in [0.717, 1.165) is 22.4 Å². The minimum atomic E-state index is -0.593. The van der Waals surface area contributed by atoms with Gasteiger partial charge in [0, 0.05) is 17.6 Å². The van der Waals surface area contributed by atoms with Gasteiger partial charge in [-0.2, -0.15) is 0 Å². The molecule has 0 aliphatic rings. The van der Waals surface area contributed by atoms with Gasteiger partial charge in [-0.25, -0.2) is 0 Å². The number of aromatic nitrogens is 1. The Bertz CT molecular complexity index is 554. The Morgan fingerprint density at radius 3 is 2.72 bits per heavy atom. The Labute approximate surface area is 112 Å². The van der Waals surface area contributed by atoms with Crippen molar-refractivity contribution in [3.63, 3.8) is 0 Å². The molecule has 1 aromatic heterocycles. The quantitative estimate of drug-likeness (QED) is 0.915. The van der Waals surface area contributed by atoms with E-state index < -0.39 is 6.10 Å². The molecule has 0 aliphatic carbocycles. The van der Waals surface area contributed by atoms with Crippen LogP contribution in [0.5, 0.6) is 0 Å². The van der Waals surface area contributed by atoms with Crippen LogP contribution in [0.1, 0.15) is 28.5 Å². The number of hydrogen-bond donors (Lipinski definition) is 1. The zero-order chi connectivity index (χ0) is 13.1. The largest absolute Gasteiger partial charge is 0.386 e. The minimum Gasteiger partial charge on any atom is -0.386 e. The molecule has 2 nitrogen and oxygen atoms in total. The number of aliphatic hydroxyl groups excluding tert-OH is 1. The molecule has 0 saturated carbocycles. The van der Waals surface area contributed by atoms with Crippen LogP contribution in [0.2, 0.25) is 5.02 Å².